The summed E-state index contributed by atoms with van der Waals surface area (Å²) in [5, 5.41) is 12.1. The maximum Gasteiger partial charge on any atom is 0.224 e. The number of carbonyl (C=O) groups excluding carboxylic acids is 1. The van der Waals surface area contributed by atoms with Crippen LogP contribution >= 0.6 is 0 Å². The van der Waals surface area contributed by atoms with E-state index in [9.17, 15) is 9.90 Å². The lowest BCUT2D eigenvalue weighted by atomic mass is 10.1. The summed E-state index contributed by atoms with van der Waals surface area (Å²) in [5.41, 5.74) is 1.63. The number of benzene rings is 1. The van der Waals surface area contributed by atoms with E-state index in [4.69, 9.17) is 0 Å². The minimum atomic E-state index is -0.467. The molecule has 0 saturated carbocycles. The normalized spacial score (nSPS) is 12.2. The summed E-state index contributed by atoms with van der Waals surface area (Å²) < 4.78 is 0. The Bertz CT molecular complexity index is 317. The van der Waals surface area contributed by atoms with E-state index in [-0.39, 0.29) is 5.91 Å². The van der Waals surface area contributed by atoms with E-state index in [1.54, 1.807) is 19.1 Å². The molecule has 1 amide bonds. The van der Waals surface area contributed by atoms with Gasteiger partial charge in [-0.15, -0.1) is 0 Å². The third kappa shape index (κ3) is 3.72. The van der Waals surface area contributed by atoms with Crippen LogP contribution in [-0.4, -0.2) is 11.0 Å². The molecule has 3 nitrogen and oxygen atoms in total. The summed E-state index contributed by atoms with van der Waals surface area (Å²) in [5.74, 6) is 0.0299. The molecule has 3 heteroatoms. The molecule has 1 atom stereocenters. The Labute approximate surface area is 90.1 Å². The van der Waals surface area contributed by atoms with Gasteiger partial charge in [-0.3, -0.25) is 4.79 Å². The Hall–Kier alpha value is -1.35. The van der Waals surface area contributed by atoms with Crippen LogP contribution in [-0.2, 0) is 4.79 Å². The molecule has 0 heterocycles. The highest BCUT2D eigenvalue weighted by Crippen LogP contribution is 2.15. The van der Waals surface area contributed by atoms with Crippen LogP contribution in [0.15, 0.2) is 24.3 Å². The van der Waals surface area contributed by atoms with Crippen LogP contribution in [0.4, 0.5) is 5.69 Å². The molecule has 0 bridgehead atoms. The van der Waals surface area contributed by atoms with E-state index in [2.05, 4.69) is 5.32 Å². The van der Waals surface area contributed by atoms with Gasteiger partial charge >= 0.3 is 0 Å². The summed E-state index contributed by atoms with van der Waals surface area (Å²) in [4.78, 5) is 11.3. The Morgan fingerprint density at radius 2 is 2.00 bits per heavy atom. The Morgan fingerprint density at radius 3 is 2.47 bits per heavy atom. The van der Waals surface area contributed by atoms with Gasteiger partial charge in [-0.25, -0.2) is 0 Å². The van der Waals surface area contributed by atoms with E-state index in [0.717, 1.165) is 17.7 Å². The van der Waals surface area contributed by atoms with Gasteiger partial charge in [0.15, 0.2) is 0 Å². The predicted octanol–water partition coefficient (Wildman–Crippen LogP) is 2.48. The molecule has 0 unspecified atom stereocenters. The fourth-order valence-electron chi connectivity index (χ4n) is 1.30. The van der Waals surface area contributed by atoms with Crippen molar-refractivity contribution in [2.45, 2.75) is 32.8 Å². The first kappa shape index (κ1) is 11.7. The molecular weight excluding hydrogens is 190 g/mol. The fourth-order valence-corrected chi connectivity index (χ4v) is 1.30. The molecule has 0 aliphatic rings. The van der Waals surface area contributed by atoms with Crippen molar-refractivity contribution in [3.05, 3.63) is 29.8 Å². The summed E-state index contributed by atoms with van der Waals surface area (Å²) in [6.07, 6.45) is 0.917. The molecular formula is C12H17NO2. The summed E-state index contributed by atoms with van der Waals surface area (Å²) in [6.45, 7) is 3.68. The quantitative estimate of drug-likeness (QED) is 0.796. The summed E-state index contributed by atoms with van der Waals surface area (Å²) >= 11 is 0. The van der Waals surface area contributed by atoms with E-state index >= 15 is 0 Å². The number of aliphatic hydroxyl groups is 1. The average molecular weight is 207 g/mol. The van der Waals surface area contributed by atoms with Crippen molar-refractivity contribution in [3.63, 3.8) is 0 Å². The molecule has 0 fully saturated rings. The van der Waals surface area contributed by atoms with Crippen molar-refractivity contribution in [1.82, 2.24) is 0 Å². The third-order valence-corrected chi connectivity index (χ3v) is 2.15. The predicted molar refractivity (Wildman–Crippen MR) is 60.6 cm³/mol. The minimum absolute atomic E-state index is 0.0299. The van der Waals surface area contributed by atoms with Crippen LogP contribution in [0.25, 0.3) is 0 Å². The highest BCUT2D eigenvalue weighted by atomic mass is 16.3. The van der Waals surface area contributed by atoms with E-state index in [1.807, 2.05) is 19.1 Å². The monoisotopic (exact) mass is 207 g/mol. The van der Waals surface area contributed by atoms with Crippen molar-refractivity contribution < 1.29 is 9.90 Å². The number of nitrogens with one attached hydrogen (secondary N) is 1. The van der Waals surface area contributed by atoms with Gasteiger partial charge in [0.05, 0.1) is 6.10 Å². The molecule has 1 rings (SSSR count). The lowest BCUT2D eigenvalue weighted by molar-refractivity contribution is -0.116. The van der Waals surface area contributed by atoms with Crippen molar-refractivity contribution >= 4 is 11.6 Å². The van der Waals surface area contributed by atoms with Crippen LogP contribution in [0.3, 0.4) is 0 Å². The van der Waals surface area contributed by atoms with Crippen molar-refractivity contribution in [2.75, 3.05) is 5.32 Å². The molecule has 0 saturated heterocycles. The minimum Gasteiger partial charge on any atom is -0.389 e. The van der Waals surface area contributed by atoms with Gasteiger partial charge in [0.2, 0.25) is 5.91 Å². The molecule has 0 aliphatic heterocycles. The van der Waals surface area contributed by atoms with E-state index in [0.29, 0.717) is 6.42 Å². The van der Waals surface area contributed by atoms with Crippen LogP contribution in [0, 0.1) is 0 Å². The summed E-state index contributed by atoms with van der Waals surface area (Å²) in [7, 11) is 0. The average Bonchev–Trinajstić information content (AvgIpc) is 2.18. The largest absolute Gasteiger partial charge is 0.389 e. The molecule has 15 heavy (non-hydrogen) atoms. The summed E-state index contributed by atoms with van der Waals surface area (Å²) in [6, 6.07) is 7.23. The van der Waals surface area contributed by atoms with Gasteiger partial charge in [-0.05, 0) is 31.0 Å². The first-order valence-electron chi connectivity index (χ1n) is 5.21. The first-order chi connectivity index (χ1) is 7.13. The number of anilines is 1. The molecule has 0 aromatic heterocycles. The fraction of sp³-hybridized carbons (Fsp3) is 0.417. The topological polar surface area (TPSA) is 49.3 Å². The Kier molecular flexibility index (Phi) is 4.31. The molecule has 2 N–H and O–H groups in total. The number of carbonyl (C=O) groups is 1. The standard InChI is InChI=1S/C12H17NO2/c1-3-4-12(15)13-11-7-5-10(6-8-11)9(2)14/h5-9,14H,3-4H2,1-2H3,(H,13,15)/t9-/m1/s1. The zero-order valence-corrected chi connectivity index (χ0v) is 9.16. The van der Waals surface area contributed by atoms with Crippen LogP contribution in [0.2, 0.25) is 0 Å². The van der Waals surface area contributed by atoms with Crippen LogP contribution in [0.1, 0.15) is 38.4 Å². The zero-order chi connectivity index (χ0) is 11.3. The molecule has 0 radical (unpaired) electrons. The first-order valence-corrected chi connectivity index (χ1v) is 5.21. The number of hydrogen-bond acceptors (Lipinski definition) is 2. The molecule has 0 spiro atoms. The Balaban J connectivity index is 2.60. The second-order valence-corrected chi connectivity index (χ2v) is 3.60. The molecule has 82 valence electrons. The van der Waals surface area contributed by atoms with Gasteiger partial charge in [0.25, 0.3) is 0 Å². The van der Waals surface area contributed by atoms with Gasteiger partial charge in [0, 0.05) is 12.1 Å². The number of rotatable bonds is 4. The zero-order valence-electron chi connectivity index (χ0n) is 9.16. The second-order valence-electron chi connectivity index (χ2n) is 3.60. The van der Waals surface area contributed by atoms with Crippen molar-refractivity contribution in [2.24, 2.45) is 0 Å². The van der Waals surface area contributed by atoms with Crippen LogP contribution in [0.5, 0.6) is 0 Å². The maximum atomic E-state index is 11.3. The molecule has 1 aromatic carbocycles. The van der Waals surface area contributed by atoms with Gasteiger partial charge in [-0.1, -0.05) is 19.1 Å². The highest BCUT2D eigenvalue weighted by Gasteiger charge is 2.02. The lowest BCUT2D eigenvalue weighted by Crippen LogP contribution is -2.10. The Morgan fingerprint density at radius 1 is 1.40 bits per heavy atom. The smallest absolute Gasteiger partial charge is 0.224 e. The van der Waals surface area contributed by atoms with E-state index in [1.165, 1.54) is 0 Å². The molecule has 0 aliphatic carbocycles. The van der Waals surface area contributed by atoms with Gasteiger partial charge in [0.1, 0.15) is 0 Å². The van der Waals surface area contributed by atoms with Gasteiger partial charge < -0.3 is 10.4 Å². The third-order valence-electron chi connectivity index (χ3n) is 2.15. The lowest BCUT2D eigenvalue weighted by Gasteiger charge is -2.07. The molecule has 1 aromatic rings. The number of aliphatic hydroxyl groups excluding tert-OH is 1. The van der Waals surface area contributed by atoms with Crippen molar-refractivity contribution in [3.8, 4) is 0 Å². The number of amides is 1. The van der Waals surface area contributed by atoms with E-state index < -0.39 is 6.10 Å². The maximum absolute atomic E-state index is 11.3. The van der Waals surface area contributed by atoms with Crippen molar-refractivity contribution in [1.29, 1.82) is 0 Å². The number of hydrogen-bond donors (Lipinski definition) is 2. The second kappa shape index (κ2) is 5.51. The highest BCUT2D eigenvalue weighted by molar-refractivity contribution is 5.90. The van der Waals surface area contributed by atoms with Gasteiger partial charge in [-0.2, -0.15) is 0 Å². The van der Waals surface area contributed by atoms with Crippen LogP contribution < -0.4 is 5.32 Å². The SMILES string of the molecule is CCCC(=O)Nc1ccc([C@@H](C)O)cc1.